The van der Waals surface area contributed by atoms with Gasteiger partial charge in [-0.1, -0.05) is 12.1 Å². The van der Waals surface area contributed by atoms with E-state index in [1.165, 1.54) is 6.07 Å². The molecule has 5 heteroatoms. The van der Waals surface area contributed by atoms with Crippen LogP contribution in [0.4, 0.5) is 4.39 Å². The number of carbonyl (C=O) groups excluding carboxylic acids is 1. The minimum absolute atomic E-state index is 0.161. The molecule has 4 nitrogen and oxygen atoms in total. The predicted octanol–water partition coefficient (Wildman–Crippen LogP) is 1.51. The first-order chi connectivity index (χ1) is 9.67. The fourth-order valence-electron chi connectivity index (χ4n) is 2.39. The van der Waals surface area contributed by atoms with E-state index >= 15 is 0 Å². The maximum atomic E-state index is 13.1. The molecular formula is C15H21FN2O2. The van der Waals surface area contributed by atoms with Gasteiger partial charge >= 0.3 is 5.97 Å². The van der Waals surface area contributed by atoms with Crippen LogP contribution in [0.5, 0.6) is 0 Å². The minimum atomic E-state index is -0.191. The third-order valence-corrected chi connectivity index (χ3v) is 3.42. The van der Waals surface area contributed by atoms with Gasteiger partial charge in [-0.25, -0.2) is 4.39 Å². The molecule has 1 heterocycles. The molecule has 1 aromatic rings. The highest BCUT2D eigenvalue weighted by molar-refractivity contribution is 5.71. The lowest BCUT2D eigenvalue weighted by Crippen LogP contribution is -2.47. The van der Waals surface area contributed by atoms with Crippen LogP contribution in [0.15, 0.2) is 24.3 Å². The standard InChI is InChI=1S/C15H21FN2O2/c1-2-20-15(19)12-18-8-6-17(7-9-18)11-13-4-3-5-14(16)10-13/h3-5,10H,2,6-9,11-12H2,1H3. The number of nitrogens with zero attached hydrogens (tertiary/aromatic N) is 2. The molecule has 110 valence electrons. The van der Waals surface area contributed by atoms with Crippen molar-refractivity contribution in [3.63, 3.8) is 0 Å². The maximum absolute atomic E-state index is 13.1. The SMILES string of the molecule is CCOC(=O)CN1CCN(Cc2cccc(F)c2)CC1. The largest absolute Gasteiger partial charge is 0.465 e. The fraction of sp³-hybridized carbons (Fsp3) is 0.533. The molecule has 0 aromatic heterocycles. The van der Waals surface area contributed by atoms with Crippen molar-refractivity contribution in [1.82, 2.24) is 9.80 Å². The first-order valence-corrected chi connectivity index (χ1v) is 7.02. The molecule has 1 saturated heterocycles. The van der Waals surface area contributed by atoms with Gasteiger partial charge in [0.25, 0.3) is 0 Å². The molecular weight excluding hydrogens is 259 g/mol. The maximum Gasteiger partial charge on any atom is 0.320 e. The molecule has 1 aliphatic rings. The molecule has 0 spiro atoms. The number of rotatable bonds is 5. The monoisotopic (exact) mass is 280 g/mol. The summed E-state index contributed by atoms with van der Waals surface area (Å²) in [5, 5.41) is 0. The van der Waals surface area contributed by atoms with E-state index in [1.54, 1.807) is 12.1 Å². The normalized spacial score (nSPS) is 17.1. The van der Waals surface area contributed by atoms with Crippen LogP contribution in [0.3, 0.4) is 0 Å². The Morgan fingerprint density at radius 2 is 1.95 bits per heavy atom. The molecule has 0 atom stereocenters. The van der Waals surface area contributed by atoms with Gasteiger partial charge in [0.15, 0.2) is 0 Å². The van der Waals surface area contributed by atoms with E-state index < -0.39 is 0 Å². The van der Waals surface area contributed by atoms with Crippen LogP contribution in [0, 0.1) is 5.82 Å². The highest BCUT2D eigenvalue weighted by Gasteiger charge is 2.19. The van der Waals surface area contributed by atoms with Gasteiger partial charge in [0.2, 0.25) is 0 Å². The third kappa shape index (κ3) is 4.58. The zero-order chi connectivity index (χ0) is 14.4. The second-order valence-corrected chi connectivity index (χ2v) is 4.99. The number of hydrogen-bond acceptors (Lipinski definition) is 4. The van der Waals surface area contributed by atoms with Gasteiger partial charge in [-0.15, -0.1) is 0 Å². The number of benzene rings is 1. The minimum Gasteiger partial charge on any atom is -0.465 e. The molecule has 1 fully saturated rings. The summed E-state index contributed by atoms with van der Waals surface area (Å²) in [7, 11) is 0. The number of halogens is 1. The van der Waals surface area contributed by atoms with Crippen LogP contribution in [-0.4, -0.2) is 55.1 Å². The Hall–Kier alpha value is -1.46. The fourth-order valence-corrected chi connectivity index (χ4v) is 2.39. The molecule has 2 rings (SSSR count). The van der Waals surface area contributed by atoms with E-state index in [2.05, 4.69) is 9.80 Å². The lowest BCUT2D eigenvalue weighted by atomic mass is 10.2. The zero-order valence-electron chi connectivity index (χ0n) is 11.8. The summed E-state index contributed by atoms with van der Waals surface area (Å²) in [6, 6.07) is 6.71. The number of ether oxygens (including phenoxy) is 1. The molecule has 0 saturated carbocycles. The van der Waals surface area contributed by atoms with Crippen LogP contribution < -0.4 is 0 Å². The molecule has 0 N–H and O–H groups in total. The summed E-state index contributed by atoms with van der Waals surface area (Å²) in [6.07, 6.45) is 0. The summed E-state index contributed by atoms with van der Waals surface area (Å²) in [5.41, 5.74) is 0.990. The van der Waals surface area contributed by atoms with Gasteiger partial charge < -0.3 is 4.74 Å². The first-order valence-electron chi connectivity index (χ1n) is 7.02. The van der Waals surface area contributed by atoms with E-state index in [4.69, 9.17) is 4.74 Å². The Morgan fingerprint density at radius 3 is 2.60 bits per heavy atom. The Labute approximate surface area is 119 Å². The molecule has 0 amide bonds. The van der Waals surface area contributed by atoms with Crippen molar-refractivity contribution in [2.45, 2.75) is 13.5 Å². The van der Waals surface area contributed by atoms with E-state index in [9.17, 15) is 9.18 Å². The molecule has 0 unspecified atom stereocenters. The van der Waals surface area contributed by atoms with Crippen LogP contribution in [-0.2, 0) is 16.1 Å². The number of hydrogen-bond donors (Lipinski definition) is 0. The first kappa shape index (κ1) is 14.9. The van der Waals surface area contributed by atoms with Crippen LogP contribution in [0.2, 0.25) is 0 Å². The number of piperazine rings is 1. The highest BCUT2D eigenvalue weighted by Crippen LogP contribution is 2.10. The van der Waals surface area contributed by atoms with Crippen LogP contribution >= 0.6 is 0 Å². The summed E-state index contributed by atoms with van der Waals surface area (Å²) >= 11 is 0. The van der Waals surface area contributed by atoms with Crippen molar-refractivity contribution in [2.75, 3.05) is 39.3 Å². The molecule has 0 radical (unpaired) electrons. The number of carbonyl (C=O) groups is 1. The Morgan fingerprint density at radius 1 is 1.25 bits per heavy atom. The van der Waals surface area contributed by atoms with E-state index in [0.717, 1.165) is 38.3 Å². The number of esters is 1. The summed E-state index contributed by atoms with van der Waals surface area (Å²) < 4.78 is 18.1. The quantitative estimate of drug-likeness (QED) is 0.765. The lowest BCUT2D eigenvalue weighted by Gasteiger charge is -2.34. The predicted molar refractivity (Wildman–Crippen MR) is 74.8 cm³/mol. The Balaban J connectivity index is 1.75. The van der Waals surface area contributed by atoms with Gasteiger partial charge in [0.1, 0.15) is 5.82 Å². The molecule has 1 aliphatic heterocycles. The molecule has 0 bridgehead atoms. The van der Waals surface area contributed by atoms with E-state index in [0.29, 0.717) is 13.2 Å². The van der Waals surface area contributed by atoms with Gasteiger partial charge in [-0.05, 0) is 24.6 Å². The smallest absolute Gasteiger partial charge is 0.320 e. The van der Waals surface area contributed by atoms with Crippen molar-refractivity contribution < 1.29 is 13.9 Å². The summed E-state index contributed by atoms with van der Waals surface area (Å²) in [6.45, 7) is 6.81. The third-order valence-electron chi connectivity index (χ3n) is 3.42. The van der Waals surface area contributed by atoms with Crippen LogP contribution in [0.1, 0.15) is 12.5 Å². The highest BCUT2D eigenvalue weighted by atomic mass is 19.1. The average molecular weight is 280 g/mol. The van der Waals surface area contributed by atoms with Crippen molar-refractivity contribution >= 4 is 5.97 Å². The van der Waals surface area contributed by atoms with Gasteiger partial charge in [0, 0.05) is 32.7 Å². The molecule has 0 aliphatic carbocycles. The second-order valence-electron chi connectivity index (χ2n) is 4.99. The van der Waals surface area contributed by atoms with Crippen molar-refractivity contribution in [2.24, 2.45) is 0 Å². The Bertz CT molecular complexity index is 445. The Kier molecular flexibility index (Phi) is 5.49. The van der Waals surface area contributed by atoms with Crippen LogP contribution in [0.25, 0.3) is 0 Å². The van der Waals surface area contributed by atoms with E-state index in [1.807, 2.05) is 13.0 Å². The second kappa shape index (κ2) is 7.36. The summed E-state index contributed by atoms with van der Waals surface area (Å²) in [5.74, 6) is -0.352. The van der Waals surface area contributed by atoms with Crippen molar-refractivity contribution in [1.29, 1.82) is 0 Å². The zero-order valence-corrected chi connectivity index (χ0v) is 11.8. The van der Waals surface area contributed by atoms with Crippen molar-refractivity contribution in [3.05, 3.63) is 35.6 Å². The lowest BCUT2D eigenvalue weighted by molar-refractivity contribution is -0.144. The van der Waals surface area contributed by atoms with Gasteiger partial charge in [-0.2, -0.15) is 0 Å². The van der Waals surface area contributed by atoms with E-state index in [-0.39, 0.29) is 11.8 Å². The summed E-state index contributed by atoms with van der Waals surface area (Å²) in [4.78, 5) is 15.8. The van der Waals surface area contributed by atoms with Gasteiger partial charge in [-0.3, -0.25) is 14.6 Å². The van der Waals surface area contributed by atoms with Crippen molar-refractivity contribution in [3.8, 4) is 0 Å². The molecule has 20 heavy (non-hydrogen) atoms. The topological polar surface area (TPSA) is 32.8 Å². The molecule has 1 aromatic carbocycles. The average Bonchev–Trinajstić information content (AvgIpc) is 2.41. The van der Waals surface area contributed by atoms with Gasteiger partial charge in [0.05, 0.1) is 13.2 Å².